The van der Waals surface area contributed by atoms with Gasteiger partial charge in [0, 0.05) is 38.4 Å². The predicted octanol–water partition coefficient (Wildman–Crippen LogP) is 1.86. The van der Waals surface area contributed by atoms with Crippen LogP contribution in [-0.2, 0) is 9.53 Å². The van der Waals surface area contributed by atoms with Crippen molar-refractivity contribution in [2.75, 3.05) is 44.2 Å². The molecule has 2 aliphatic heterocycles. The maximum Gasteiger partial charge on any atom is 0.242 e. The lowest BCUT2D eigenvalue weighted by Crippen LogP contribution is -2.59. The van der Waals surface area contributed by atoms with Crippen LogP contribution in [-0.4, -0.2) is 62.3 Å². The molecule has 1 amide bonds. The highest BCUT2D eigenvalue weighted by atomic mass is 35.5. The highest BCUT2D eigenvalue weighted by molar-refractivity contribution is 5.85. The minimum atomic E-state index is -0.195. The van der Waals surface area contributed by atoms with E-state index in [0.717, 1.165) is 32.7 Å². The molecule has 5 nitrogen and oxygen atoms in total. The van der Waals surface area contributed by atoms with Crippen molar-refractivity contribution < 1.29 is 9.53 Å². The molecule has 1 aromatic rings. The molecule has 2 aliphatic rings. The molecule has 2 fully saturated rings. The van der Waals surface area contributed by atoms with Gasteiger partial charge in [-0.1, -0.05) is 12.1 Å². The molecule has 136 valence electrons. The van der Waals surface area contributed by atoms with Gasteiger partial charge in [0.2, 0.25) is 5.91 Å². The van der Waals surface area contributed by atoms with Crippen LogP contribution in [0.1, 0.15) is 12.5 Å². The van der Waals surface area contributed by atoms with Gasteiger partial charge < -0.3 is 19.9 Å². The van der Waals surface area contributed by atoms with Gasteiger partial charge in [0.25, 0.3) is 0 Å². The number of piperazine rings is 1. The van der Waals surface area contributed by atoms with Crippen molar-refractivity contribution in [3.63, 3.8) is 0 Å². The number of carbonyl (C=O) groups excluding carboxylic acids is 1. The molecule has 0 radical (unpaired) electrons. The zero-order valence-corrected chi connectivity index (χ0v) is 15.9. The second-order valence-corrected chi connectivity index (χ2v) is 6.16. The number of anilines is 1. The first-order valence-corrected chi connectivity index (χ1v) is 8.10. The number of nitrogens with one attached hydrogen (secondary N) is 1. The van der Waals surface area contributed by atoms with Gasteiger partial charge in [0.05, 0.1) is 12.7 Å². The number of rotatable bonds is 2. The van der Waals surface area contributed by atoms with Crippen molar-refractivity contribution in [3.8, 4) is 0 Å². The van der Waals surface area contributed by atoms with E-state index in [1.54, 1.807) is 0 Å². The van der Waals surface area contributed by atoms with E-state index in [4.69, 9.17) is 4.74 Å². The summed E-state index contributed by atoms with van der Waals surface area (Å²) in [6.45, 7) is 8.84. The fourth-order valence-corrected chi connectivity index (χ4v) is 3.22. The van der Waals surface area contributed by atoms with E-state index in [9.17, 15) is 4.79 Å². The first-order valence-electron chi connectivity index (χ1n) is 8.10. The molecule has 0 unspecified atom stereocenters. The molecule has 2 saturated heterocycles. The average molecular weight is 376 g/mol. The van der Waals surface area contributed by atoms with Gasteiger partial charge in [-0.3, -0.25) is 4.79 Å². The average Bonchev–Trinajstić information content (AvgIpc) is 2.55. The first kappa shape index (κ1) is 21.0. The molecule has 0 saturated carbocycles. The highest BCUT2D eigenvalue weighted by Gasteiger charge is 2.33. The summed E-state index contributed by atoms with van der Waals surface area (Å²) in [6, 6.07) is 8.35. The molecular weight excluding hydrogens is 349 g/mol. The Hall–Kier alpha value is -1.01. The summed E-state index contributed by atoms with van der Waals surface area (Å²) in [6.07, 6.45) is -0.0453. The summed E-state index contributed by atoms with van der Waals surface area (Å²) in [5.74, 6) is 0.177. The van der Waals surface area contributed by atoms with E-state index in [2.05, 4.69) is 41.4 Å². The third kappa shape index (κ3) is 4.76. The lowest BCUT2D eigenvalue weighted by Gasteiger charge is -2.39. The van der Waals surface area contributed by atoms with Gasteiger partial charge in [-0.15, -0.1) is 24.8 Å². The number of nitrogens with zero attached hydrogens (tertiary/aromatic N) is 2. The largest absolute Gasteiger partial charge is 0.375 e. The zero-order chi connectivity index (χ0) is 15.5. The Kier molecular flexibility index (Phi) is 8.30. The monoisotopic (exact) mass is 375 g/mol. The SMILES string of the molecule is Cc1cccc(N2CCN(C(=O)[C@H]3NCCO[C@@H]3C)CC2)c1.Cl.Cl. The topological polar surface area (TPSA) is 44.8 Å². The summed E-state index contributed by atoms with van der Waals surface area (Å²) in [5, 5.41) is 3.29. The molecule has 24 heavy (non-hydrogen) atoms. The maximum absolute atomic E-state index is 12.6. The van der Waals surface area contributed by atoms with Crippen LogP contribution in [0.15, 0.2) is 24.3 Å². The third-order valence-electron chi connectivity index (χ3n) is 4.54. The lowest BCUT2D eigenvalue weighted by molar-refractivity contribution is -0.139. The van der Waals surface area contributed by atoms with Crippen molar-refractivity contribution in [1.29, 1.82) is 0 Å². The fraction of sp³-hybridized carbons (Fsp3) is 0.588. The van der Waals surface area contributed by atoms with Crippen LogP contribution >= 0.6 is 24.8 Å². The van der Waals surface area contributed by atoms with E-state index in [0.29, 0.717) is 6.61 Å². The van der Waals surface area contributed by atoms with Crippen molar-refractivity contribution in [2.45, 2.75) is 26.0 Å². The van der Waals surface area contributed by atoms with Gasteiger partial charge in [0.1, 0.15) is 6.04 Å². The van der Waals surface area contributed by atoms with Crippen LogP contribution in [0.2, 0.25) is 0 Å². The molecule has 0 bridgehead atoms. The molecule has 7 heteroatoms. The van der Waals surface area contributed by atoms with Gasteiger partial charge >= 0.3 is 0 Å². The van der Waals surface area contributed by atoms with Crippen molar-refractivity contribution >= 4 is 36.4 Å². The molecule has 0 aliphatic carbocycles. The predicted molar refractivity (Wildman–Crippen MR) is 102 cm³/mol. The van der Waals surface area contributed by atoms with Crippen LogP contribution in [0.3, 0.4) is 0 Å². The molecule has 3 rings (SSSR count). The maximum atomic E-state index is 12.6. The number of hydrogen-bond acceptors (Lipinski definition) is 4. The Morgan fingerprint density at radius 1 is 1.21 bits per heavy atom. The van der Waals surface area contributed by atoms with Gasteiger partial charge in [-0.25, -0.2) is 0 Å². The molecular formula is C17H27Cl2N3O2. The number of benzene rings is 1. The van der Waals surface area contributed by atoms with E-state index in [1.165, 1.54) is 11.3 Å². The van der Waals surface area contributed by atoms with E-state index >= 15 is 0 Å². The quantitative estimate of drug-likeness (QED) is 0.856. The summed E-state index contributed by atoms with van der Waals surface area (Å²) in [7, 11) is 0. The van der Waals surface area contributed by atoms with Crippen LogP contribution < -0.4 is 10.2 Å². The van der Waals surface area contributed by atoms with Gasteiger partial charge in [-0.2, -0.15) is 0 Å². The molecule has 2 atom stereocenters. The number of halogens is 2. The van der Waals surface area contributed by atoms with Gasteiger partial charge in [0.15, 0.2) is 0 Å². The van der Waals surface area contributed by atoms with E-state index < -0.39 is 0 Å². The van der Waals surface area contributed by atoms with Crippen LogP contribution in [0, 0.1) is 6.92 Å². The summed E-state index contributed by atoms with van der Waals surface area (Å²) < 4.78 is 5.59. The number of ether oxygens (including phenoxy) is 1. The Labute approximate surface area is 156 Å². The lowest BCUT2D eigenvalue weighted by atomic mass is 10.1. The zero-order valence-electron chi connectivity index (χ0n) is 14.2. The Bertz CT molecular complexity index is 536. The molecule has 1 aromatic carbocycles. The number of carbonyl (C=O) groups is 1. The van der Waals surface area contributed by atoms with Crippen molar-refractivity contribution in [3.05, 3.63) is 29.8 Å². The molecule has 1 N–H and O–H groups in total. The van der Waals surface area contributed by atoms with Crippen molar-refractivity contribution in [2.24, 2.45) is 0 Å². The Morgan fingerprint density at radius 3 is 2.54 bits per heavy atom. The number of amides is 1. The summed E-state index contributed by atoms with van der Waals surface area (Å²) in [5.41, 5.74) is 2.52. The first-order chi connectivity index (χ1) is 10.6. The minimum absolute atomic E-state index is 0. The fourth-order valence-electron chi connectivity index (χ4n) is 3.22. The second kappa shape index (κ2) is 9.47. The van der Waals surface area contributed by atoms with E-state index in [-0.39, 0.29) is 42.9 Å². The third-order valence-corrected chi connectivity index (χ3v) is 4.54. The summed E-state index contributed by atoms with van der Waals surface area (Å²) in [4.78, 5) is 16.9. The Balaban J connectivity index is 0.00000144. The highest BCUT2D eigenvalue weighted by Crippen LogP contribution is 2.18. The molecule has 0 aromatic heterocycles. The van der Waals surface area contributed by atoms with Crippen LogP contribution in [0.5, 0.6) is 0 Å². The number of hydrogen-bond donors (Lipinski definition) is 1. The summed E-state index contributed by atoms with van der Waals surface area (Å²) >= 11 is 0. The van der Waals surface area contributed by atoms with Gasteiger partial charge in [-0.05, 0) is 31.5 Å². The number of aryl methyl sites for hydroxylation is 1. The molecule has 0 spiro atoms. The standard InChI is InChI=1S/C17H25N3O2.2ClH/c1-13-4-3-5-15(12-13)19-7-9-20(10-8-19)17(21)16-14(2)22-11-6-18-16;;/h3-5,12,14,16,18H,6-11H2,1-2H3;2*1H/t14-,16+;;/m1../s1. The molecule has 2 heterocycles. The van der Waals surface area contributed by atoms with Crippen LogP contribution in [0.4, 0.5) is 5.69 Å². The normalized spacial score (nSPS) is 23.9. The van der Waals surface area contributed by atoms with E-state index in [1.807, 2.05) is 11.8 Å². The van der Waals surface area contributed by atoms with Crippen LogP contribution in [0.25, 0.3) is 0 Å². The Morgan fingerprint density at radius 2 is 1.92 bits per heavy atom. The minimum Gasteiger partial charge on any atom is -0.375 e. The second-order valence-electron chi connectivity index (χ2n) is 6.16. The van der Waals surface area contributed by atoms with Crippen molar-refractivity contribution in [1.82, 2.24) is 10.2 Å². The number of morpholine rings is 1. The smallest absolute Gasteiger partial charge is 0.242 e.